The van der Waals surface area contributed by atoms with E-state index < -0.39 is 6.10 Å². The molecule has 1 aromatic heterocycles. The molecule has 1 unspecified atom stereocenters. The average Bonchev–Trinajstić information content (AvgIpc) is 2.98. The molecule has 1 aliphatic heterocycles. The van der Waals surface area contributed by atoms with Gasteiger partial charge >= 0.3 is 0 Å². The molecule has 28 heavy (non-hydrogen) atoms. The minimum absolute atomic E-state index is 0.433. The molecule has 6 heteroatoms. The molecule has 2 heterocycles. The molecule has 4 rings (SSSR count). The zero-order chi connectivity index (χ0) is 19.7. The molecule has 1 fully saturated rings. The summed E-state index contributed by atoms with van der Waals surface area (Å²) in [6, 6.07) is 14.0. The van der Waals surface area contributed by atoms with Crippen LogP contribution < -0.4 is 4.80 Å². The number of halogens is 1. The van der Waals surface area contributed by atoms with Crippen molar-refractivity contribution in [1.82, 2.24) is 9.47 Å². The molecule has 1 saturated heterocycles. The van der Waals surface area contributed by atoms with Gasteiger partial charge in [-0.15, -0.1) is 0 Å². The van der Waals surface area contributed by atoms with E-state index in [1.165, 1.54) is 16.9 Å². The van der Waals surface area contributed by atoms with Gasteiger partial charge in [-0.25, -0.2) is 0 Å². The first-order valence-electron chi connectivity index (χ1n) is 9.80. The van der Waals surface area contributed by atoms with Gasteiger partial charge < -0.3 is 14.6 Å². The van der Waals surface area contributed by atoms with Gasteiger partial charge in [0.15, 0.2) is 4.80 Å². The standard InChI is InChI=1S/C22H26ClN3OS/c1-15-2-4-17(5-3-15)20(27)14-25-10-8-16(9-11-25)13-26-19-7-6-18(23)12-21(19)28-22(26)24/h2-7,12,16,20,24,27H,8-11,13-14H2,1H3. The van der Waals surface area contributed by atoms with Crippen molar-refractivity contribution < 1.29 is 5.11 Å². The topological polar surface area (TPSA) is 52.2 Å². The molecule has 1 atom stereocenters. The van der Waals surface area contributed by atoms with Crippen LogP contribution in [0.1, 0.15) is 30.1 Å². The third-order valence-electron chi connectivity index (χ3n) is 5.71. The summed E-state index contributed by atoms with van der Waals surface area (Å²) in [7, 11) is 0. The smallest absolute Gasteiger partial charge is 0.182 e. The molecule has 1 aliphatic rings. The number of nitrogens with one attached hydrogen (secondary N) is 1. The molecular weight excluding hydrogens is 390 g/mol. The van der Waals surface area contributed by atoms with Crippen LogP contribution in [0.15, 0.2) is 42.5 Å². The van der Waals surface area contributed by atoms with Gasteiger partial charge in [0.25, 0.3) is 0 Å². The number of rotatable bonds is 5. The van der Waals surface area contributed by atoms with Crippen molar-refractivity contribution in [3.8, 4) is 0 Å². The number of aryl methyl sites for hydroxylation is 1. The Hall–Kier alpha value is -1.66. The number of benzene rings is 2. The summed E-state index contributed by atoms with van der Waals surface area (Å²) >= 11 is 7.58. The Kier molecular flexibility index (Phi) is 5.88. The van der Waals surface area contributed by atoms with Crippen LogP contribution in [0.5, 0.6) is 0 Å². The van der Waals surface area contributed by atoms with Crippen LogP contribution in [0.4, 0.5) is 0 Å². The predicted octanol–water partition coefficient (Wildman–Crippen LogP) is 4.59. The molecule has 3 aromatic rings. The maximum atomic E-state index is 10.5. The molecule has 0 spiro atoms. The monoisotopic (exact) mass is 415 g/mol. The highest BCUT2D eigenvalue weighted by molar-refractivity contribution is 7.16. The van der Waals surface area contributed by atoms with Crippen molar-refractivity contribution in [2.45, 2.75) is 32.4 Å². The number of β-amino-alcohol motifs (C(OH)–C–C–N with tert-alkyl or cyclic N) is 1. The fraction of sp³-hybridized carbons (Fsp3) is 0.409. The van der Waals surface area contributed by atoms with Crippen LogP contribution in [0.25, 0.3) is 10.2 Å². The third kappa shape index (κ3) is 4.33. The predicted molar refractivity (Wildman–Crippen MR) is 116 cm³/mol. The van der Waals surface area contributed by atoms with Gasteiger partial charge in [0.2, 0.25) is 0 Å². The van der Waals surface area contributed by atoms with E-state index in [2.05, 4.69) is 28.5 Å². The Morgan fingerprint density at radius 1 is 1.18 bits per heavy atom. The van der Waals surface area contributed by atoms with Crippen molar-refractivity contribution in [1.29, 1.82) is 5.41 Å². The van der Waals surface area contributed by atoms with Crippen LogP contribution in [-0.4, -0.2) is 34.2 Å². The second-order valence-electron chi connectivity index (χ2n) is 7.80. The molecule has 0 radical (unpaired) electrons. The number of aliphatic hydroxyl groups excluding tert-OH is 1. The minimum Gasteiger partial charge on any atom is -0.387 e. The zero-order valence-corrected chi connectivity index (χ0v) is 17.6. The Morgan fingerprint density at radius 2 is 1.89 bits per heavy atom. The Bertz CT molecular complexity index is 1000. The van der Waals surface area contributed by atoms with Crippen LogP contribution in [0.3, 0.4) is 0 Å². The van der Waals surface area contributed by atoms with Crippen LogP contribution in [0.2, 0.25) is 5.02 Å². The summed E-state index contributed by atoms with van der Waals surface area (Å²) in [5, 5.41) is 19.6. The lowest BCUT2D eigenvalue weighted by Gasteiger charge is -2.33. The lowest BCUT2D eigenvalue weighted by atomic mass is 9.96. The van der Waals surface area contributed by atoms with Gasteiger partial charge in [-0.3, -0.25) is 5.41 Å². The van der Waals surface area contributed by atoms with E-state index in [0.717, 1.165) is 53.3 Å². The number of aromatic nitrogens is 1. The van der Waals surface area contributed by atoms with E-state index >= 15 is 0 Å². The van der Waals surface area contributed by atoms with Gasteiger partial charge in [0.1, 0.15) is 0 Å². The summed E-state index contributed by atoms with van der Waals surface area (Å²) in [6.07, 6.45) is 1.76. The van der Waals surface area contributed by atoms with E-state index in [4.69, 9.17) is 17.0 Å². The van der Waals surface area contributed by atoms with E-state index in [-0.39, 0.29) is 0 Å². The fourth-order valence-corrected chi connectivity index (χ4v) is 5.19. The normalized spacial score (nSPS) is 17.2. The molecule has 0 amide bonds. The van der Waals surface area contributed by atoms with Crippen molar-refractivity contribution >= 4 is 33.2 Å². The van der Waals surface area contributed by atoms with Crippen LogP contribution >= 0.6 is 22.9 Å². The first kappa shape index (κ1) is 19.6. The second kappa shape index (κ2) is 8.37. The fourth-order valence-electron chi connectivity index (χ4n) is 3.99. The quantitative estimate of drug-likeness (QED) is 0.640. The van der Waals surface area contributed by atoms with Crippen molar-refractivity contribution in [3.05, 3.63) is 63.4 Å². The Balaban J connectivity index is 1.35. The van der Waals surface area contributed by atoms with Gasteiger partial charge in [0, 0.05) is 18.1 Å². The number of aliphatic hydroxyl groups is 1. The number of nitrogens with zero attached hydrogens (tertiary/aromatic N) is 2. The summed E-state index contributed by atoms with van der Waals surface area (Å²) < 4.78 is 3.20. The third-order valence-corrected chi connectivity index (χ3v) is 6.90. The molecular formula is C22H26ClN3OS. The van der Waals surface area contributed by atoms with Gasteiger partial charge in [0.05, 0.1) is 16.3 Å². The minimum atomic E-state index is -0.433. The zero-order valence-electron chi connectivity index (χ0n) is 16.1. The van der Waals surface area contributed by atoms with Crippen LogP contribution in [0, 0.1) is 18.3 Å². The number of likely N-dealkylation sites (tertiary alicyclic amines) is 1. The SMILES string of the molecule is Cc1ccc(C(O)CN2CCC(Cn3c(=N)sc4cc(Cl)ccc43)CC2)cc1. The first-order chi connectivity index (χ1) is 13.5. The summed E-state index contributed by atoms with van der Waals surface area (Å²) in [6.45, 7) is 5.62. The van der Waals surface area contributed by atoms with E-state index in [1.807, 2.05) is 30.3 Å². The van der Waals surface area contributed by atoms with Gasteiger partial charge in [-0.2, -0.15) is 0 Å². The Morgan fingerprint density at radius 3 is 2.61 bits per heavy atom. The molecule has 2 N–H and O–H groups in total. The number of hydrogen-bond acceptors (Lipinski definition) is 4. The number of piperidine rings is 1. The average molecular weight is 416 g/mol. The van der Waals surface area contributed by atoms with Gasteiger partial charge in [-0.1, -0.05) is 52.8 Å². The van der Waals surface area contributed by atoms with E-state index in [9.17, 15) is 5.11 Å². The molecule has 4 nitrogen and oxygen atoms in total. The maximum Gasteiger partial charge on any atom is 0.182 e. The van der Waals surface area contributed by atoms with E-state index in [0.29, 0.717) is 17.3 Å². The first-order valence-corrected chi connectivity index (χ1v) is 11.0. The lowest BCUT2D eigenvalue weighted by molar-refractivity contribution is 0.0867. The number of thiazole rings is 1. The van der Waals surface area contributed by atoms with Crippen molar-refractivity contribution in [2.24, 2.45) is 5.92 Å². The van der Waals surface area contributed by atoms with Crippen molar-refractivity contribution in [2.75, 3.05) is 19.6 Å². The number of fused-ring (bicyclic) bond motifs is 1. The molecule has 0 aliphatic carbocycles. The van der Waals surface area contributed by atoms with Crippen LogP contribution in [-0.2, 0) is 6.54 Å². The molecule has 0 bridgehead atoms. The highest BCUT2D eigenvalue weighted by Gasteiger charge is 2.22. The van der Waals surface area contributed by atoms with Gasteiger partial charge in [-0.05, 0) is 62.5 Å². The number of hydrogen-bond donors (Lipinski definition) is 2. The molecule has 0 saturated carbocycles. The highest BCUT2D eigenvalue weighted by Crippen LogP contribution is 2.26. The second-order valence-corrected chi connectivity index (χ2v) is 9.27. The van der Waals surface area contributed by atoms with E-state index in [1.54, 1.807) is 0 Å². The highest BCUT2D eigenvalue weighted by atomic mass is 35.5. The summed E-state index contributed by atoms with van der Waals surface area (Å²) in [5.41, 5.74) is 3.31. The van der Waals surface area contributed by atoms with Crippen molar-refractivity contribution in [3.63, 3.8) is 0 Å². The summed E-state index contributed by atoms with van der Waals surface area (Å²) in [4.78, 5) is 2.95. The maximum absolute atomic E-state index is 10.5. The molecule has 2 aromatic carbocycles. The molecule has 148 valence electrons. The largest absolute Gasteiger partial charge is 0.387 e. The lowest BCUT2D eigenvalue weighted by Crippen LogP contribution is -2.38. The summed E-state index contributed by atoms with van der Waals surface area (Å²) in [5.74, 6) is 0.565. The Labute approximate surface area is 174 Å².